The quantitative estimate of drug-likeness (QED) is 0.570. The van der Waals surface area contributed by atoms with E-state index in [9.17, 15) is 4.79 Å². The molecule has 1 aromatic carbocycles. The lowest BCUT2D eigenvalue weighted by Crippen LogP contribution is -2.52. The molecule has 3 aliphatic rings. The second kappa shape index (κ2) is 7.64. The monoisotopic (exact) mass is 449 g/mol. The second-order valence-electron chi connectivity index (χ2n) is 9.08. The minimum absolute atomic E-state index is 0.0875. The number of hydrogen-bond acceptors (Lipinski definition) is 7. The number of ether oxygens (including phenoxy) is 1. The number of benzene rings is 1. The van der Waals surface area contributed by atoms with E-state index in [4.69, 9.17) is 10.5 Å². The van der Waals surface area contributed by atoms with E-state index in [-0.39, 0.29) is 11.9 Å². The predicted molar refractivity (Wildman–Crippen MR) is 128 cm³/mol. The van der Waals surface area contributed by atoms with Crippen LogP contribution in [0.4, 0.5) is 11.4 Å². The number of nitrogen functional groups attached to an aromatic ring is 1. The Morgan fingerprint density at radius 1 is 1.25 bits per heavy atom. The number of rotatable bonds is 3. The molecule has 0 spiro atoms. The summed E-state index contributed by atoms with van der Waals surface area (Å²) < 4.78 is 6.10. The fourth-order valence-corrected chi connectivity index (χ4v) is 6.37. The van der Waals surface area contributed by atoms with Gasteiger partial charge in [-0.1, -0.05) is 6.07 Å². The summed E-state index contributed by atoms with van der Waals surface area (Å²) in [5, 5.41) is 7.49. The van der Waals surface area contributed by atoms with Crippen LogP contribution in [0.3, 0.4) is 0 Å². The minimum atomic E-state index is -0.158. The Kier molecular flexibility index (Phi) is 4.73. The van der Waals surface area contributed by atoms with Gasteiger partial charge < -0.3 is 26.0 Å². The summed E-state index contributed by atoms with van der Waals surface area (Å²) in [4.78, 5) is 21.4. The van der Waals surface area contributed by atoms with Crippen molar-refractivity contribution in [3.8, 4) is 5.75 Å². The summed E-state index contributed by atoms with van der Waals surface area (Å²) in [5.74, 6) is 0.779. The molecule has 166 valence electrons. The zero-order valence-corrected chi connectivity index (χ0v) is 18.9. The number of aryl methyl sites for hydroxylation is 1. The standard InChI is InChI=1S/C24H27N5O2S/c1-13-2-7-19-21(25)22(32-24(19)27-13)23(30)28-15-8-14-3-4-16(9-20(14)31-12-15)29-17-5-6-18(29)11-26-10-17/h2-4,7,9,15,17-18,26H,5-6,8,10-12,25H2,1H3,(H,28,30)/t15-,17?,18?/m1/s1. The number of fused-ring (bicyclic) bond motifs is 4. The molecule has 2 aromatic heterocycles. The Morgan fingerprint density at radius 3 is 2.88 bits per heavy atom. The average Bonchev–Trinajstić information content (AvgIpc) is 3.25. The third-order valence-electron chi connectivity index (χ3n) is 6.91. The molecule has 7 nitrogen and oxygen atoms in total. The van der Waals surface area contributed by atoms with E-state index in [1.54, 1.807) is 0 Å². The average molecular weight is 450 g/mol. The first-order chi connectivity index (χ1) is 15.6. The third-order valence-corrected chi connectivity index (χ3v) is 8.02. The molecule has 2 unspecified atom stereocenters. The normalized spacial score (nSPS) is 24.3. The van der Waals surface area contributed by atoms with Gasteiger partial charge in [-0.25, -0.2) is 4.98 Å². The molecule has 2 fully saturated rings. The van der Waals surface area contributed by atoms with Crippen LogP contribution in [0.5, 0.6) is 5.75 Å². The molecule has 5 heterocycles. The highest BCUT2D eigenvalue weighted by Crippen LogP contribution is 2.37. The van der Waals surface area contributed by atoms with Crippen molar-refractivity contribution in [2.75, 3.05) is 30.3 Å². The molecule has 8 heteroatoms. The van der Waals surface area contributed by atoms with Gasteiger partial charge in [0.15, 0.2) is 0 Å². The van der Waals surface area contributed by atoms with Crippen LogP contribution >= 0.6 is 11.3 Å². The number of aromatic nitrogens is 1. The molecular formula is C24H27N5O2S. The Balaban J connectivity index is 1.18. The number of anilines is 2. The molecule has 1 amide bonds. The summed E-state index contributed by atoms with van der Waals surface area (Å²) in [6.07, 6.45) is 3.25. The highest BCUT2D eigenvalue weighted by Gasteiger charge is 2.37. The Labute approximate surface area is 191 Å². The smallest absolute Gasteiger partial charge is 0.263 e. The maximum atomic E-state index is 13.0. The van der Waals surface area contributed by atoms with E-state index < -0.39 is 0 Å². The lowest BCUT2D eigenvalue weighted by molar-refractivity contribution is 0.0920. The summed E-state index contributed by atoms with van der Waals surface area (Å²) >= 11 is 1.34. The van der Waals surface area contributed by atoms with E-state index in [1.807, 2.05) is 19.1 Å². The van der Waals surface area contributed by atoms with Crippen molar-refractivity contribution in [3.63, 3.8) is 0 Å². The van der Waals surface area contributed by atoms with E-state index >= 15 is 0 Å². The largest absolute Gasteiger partial charge is 0.491 e. The van der Waals surface area contributed by atoms with E-state index in [2.05, 4.69) is 38.7 Å². The van der Waals surface area contributed by atoms with E-state index in [0.717, 1.165) is 46.7 Å². The molecule has 2 bridgehead atoms. The number of thiophene rings is 1. The van der Waals surface area contributed by atoms with Crippen LogP contribution in [0.1, 0.15) is 33.8 Å². The first-order valence-corrected chi connectivity index (χ1v) is 12.1. The molecule has 3 atom stereocenters. The van der Waals surface area contributed by atoms with Gasteiger partial charge in [0.2, 0.25) is 0 Å². The van der Waals surface area contributed by atoms with Gasteiger partial charge in [0.25, 0.3) is 5.91 Å². The van der Waals surface area contributed by atoms with Gasteiger partial charge in [0.1, 0.15) is 22.1 Å². The topological polar surface area (TPSA) is 92.5 Å². The molecule has 3 aliphatic heterocycles. The number of carbonyl (C=O) groups excluding carboxylic acids is 1. The second-order valence-corrected chi connectivity index (χ2v) is 10.1. The molecule has 0 saturated carbocycles. The van der Waals surface area contributed by atoms with Crippen molar-refractivity contribution in [2.24, 2.45) is 0 Å². The van der Waals surface area contributed by atoms with Crippen molar-refractivity contribution in [2.45, 2.75) is 44.3 Å². The zero-order valence-electron chi connectivity index (χ0n) is 18.1. The maximum absolute atomic E-state index is 13.0. The number of hydrogen-bond donors (Lipinski definition) is 3. The Bertz CT molecular complexity index is 1190. The number of carbonyl (C=O) groups is 1. The number of amides is 1. The van der Waals surface area contributed by atoms with Crippen molar-refractivity contribution in [1.82, 2.24) is 15.6 Å². The van der Waals surface area contributed by atoms with Crippen molar-refractivity contribution >= 4 is 38.8 Å². The van der Waals surface area contributed by atoms with Crippen LogP contribution in [0, 0.1) is 6.92 Å². The third kappa shape index (κ3) is 3.29. The van der Waals surface area contributed by atoms with E-state index in [0.29, 0.717) is 29.3 Å². The fourth-order valence-electron chi connectivity index (χ4n) is 5.32. The fraction of sp³-hybridized carbons (Fsp3) is 0.417. The highest BCUT2D eigenvalue weighted by molar-refractivity contribution is 7.21. The maximum Gasteiger partial charge on any atom is 0.263 e. The SMILES string of the molecule is Cc1ccc2c(N)c(C(=O)N[C@H]3COc4cc(N5C6CCC5CNC6)ccc4C3)sc2n1. The first kappa shape index (κ1) is 19.8. The molecular weight excluding hydrogens is 422 g/mol. The van der Waals surface area contributed by atoms with Crippen molar-refractivity contribution < 1.29 is 9.53 Å². The van der Waals surface area contributed by atoms with Gasteiger partial charge >= 0.3 is 0 Å². The minimum Gasteiger partial charge on any atom is -0.491 e. The Hall–Kier alpha value is -2.84. The molecule has 4 N–H and O–H groups in total. The molecule has 2 saturated heterocycles. The number of nitrogens with one attached hydrogen (secondary N) is 2. The molecule has 0 radical (unpaired) electrons. The molecule has 3 aromatic rings. The summed E-state index contributed by atoms with van der Waals surface area (Å²) in [6.45, 7) is 4.50. The molecule has 0 aliphatic carbocycles. The van der Waals surface area contributed by atoms with Gasteiger partial charge in [-0.15, -0.1) is 11.3 Å². The van der Waals surface area contributed by atoms with Crippen LogP contribution < -0.4 is 26.0 Å². The van der Waals surface area contributed by atoms with Gasteiger partial charge in [0, 0.05) is 48.0 Å². The summed E-state index contributed by atoms with van der Waals surface area (Å²) in [7, 11) is 0. The van der Waals surface area contributed by atoms with Gasteiger partial charge in [-0.05, 0) is 49.9 Å². The zero-order chi connectivity index (χ0) is 21.8. The Morgan fingerprint density at radius 2 is 2.06 bits per heavy atom. The molecule has 6 rings (SSSR count). The first-order valence-electron chi connectivity index (χ1n) is 11.3. The van der Waals surface area contributed by atoms with Gasteiger partial charge in [0.05, 0.1) is 11.7 Å². The van der Waals surface area contributed by atoms with Crippen LogP contribution in [0.2, 0.25) is 0 Å². The number of nitrogens with two attached hydrogens (primary N) is 1. The van der Waals surface area contributed by atoms with E-state index in [1.165, 1.54) is 29.9 Å². The van der Waals surface area contributed by atoms with Crippen LogP contribution in [0.15, 0.2) is 30.3 Å². The molecule has 32 heavy (non-hydrogen) atoms. The number of pyridine rings is 1. The number of nitrogens with zero attached hydrogens (tertiary/aromatic N) is 2. The van der Waals surface area contributed by atoms with Gasteiger partial charge in [-0.2, -0.15) is 0 Å². The summed E-state index contributed by atoms with van der Waals surface area (Å²) in [6, 6.07) is 11.5. The number of piperazine rings is 1. The van der Waals surface area contributed by atoms with Crippen LogP contribution in [-0.2, 0) is 6.42 Å². The summed E-state index contributed by atoms with van der Waals surface area (Å²) in [5.41, 5.74) is 10.1. The predicted octanol–water partition coefficient (Wildman–Crippen LogP) is 2.86. The van der Waals surface area contributed by atoms with Gasteiger partial charge in [-0.3, -0.25) is 4.79 Å². The lowest BCUT2D eigenvalue weighted by atomic mass is 10.0. The lowest BCUT2D eigenvalue weighted by Gasteiger charge is -2.38. The van der Waals surface area contributed by atoms with Crippen molar-refractivity contribution in [3.05, 3.63) is 46.5 Å². The highest BCUT2D eigenvalue weighted by atomic mass is 32.1. The van der Waals surface area contributed by atoms with Crippen LogP contribution in [0.25, 0.3) is 10.2 Å². The van der Waals surface area contributed by atoms with Crippen molar-refractivity contribution in [1.29, 1.82) is 0 Å². The van der Waals surface area contributed by atoms with Crippen LogP contribution in [-0.4, -0.2) is 48.7 Å².